The Hall–Kier alpha value is -2.37. The summed E-state index contributed by atoms with van der Waals surface area (Å²) >= 11 is 0. The Balaban J connectivity index is 1.65. The van der Waals surface area contributed by atoms with Crippen LogP contribution < -0.4 is 5.32 Å². The number of benzene rings is 1. The zero-order valence-electron chi connectivity index (χ0n) is 15.6. The second kappa shape index (κ2) is 8.83. The topological polar surface area (TPSA) is 45.5 Å². The van der Waals surface area contributed by atoms with E-state index in [1.54, 1.807) is 0 Å². The van der Waals surface area contributed by atoms with Crippen LogP contribution in [0.5, 0.6) is 0 Å². The summed E-state index contributed by atoms with van der Waals surface area (Å²) in [6, 6.07) is 7.08. The largest absolute Gasteiger partial charge is 0.357 e. The Bertz CT molecular complexity index is 696. The summed E-state index contributed by atoms with van der Waals surface area (Å²) in [6.07, 6.45) is 7.73. The maximum atomic E-state index is 13.0. The molecule has 26 heavy (non-hydrogen) atoms. The van der Waals surface area contributed by atoms with Gasteiger partial charge in [-0.2, -0.15) is 0 Å². The second-order valence-corrected chi connectivity index (χ2v) is 6.90. The molecule has 0 amide bonds. The third kappa shape index (κ3) is 4.62. The molecule has 1 N–H and O–H groups in total. The first-order chi connectivity index (χ1) is 12.7. The van der Waals surface area contributed by atoms with E-state index >= 15 is 0 Å². The number of aliphatic imine (C=N–C) groups is 1. The third-order valence-corrected chi connectivity index (χ3v) is 5.04. The highest BCUT2D eigenvalue weighted by molar-refractivity contribution is 5.80. The minimum Gasteiger partial charge on any atom is -0.357 e. The van der Waals surface area contributed by atoms with Gasteiger partial charge in [-0.15, -0.1) is 0 Å². The van der Waals surface area contributed by atoms with Crippen LogP contribution in [0.3, 0.4) is 0 Å². The number of piperidine rings is 1. The van der Waals surface area contributed by atoms with Crippen molar-refractivity contribution in [3.8, 4) is 0 Å². The van der Waals surface area contributed by atoms with Crippen LogP contribution in [-0.4, -0.2) is 46.6 Å². The van der Waals surface area contributed by atoms with Crippen LogP contribution in [0.15, 0.2) is 48.0 Å². The van der Waals surface area contributed by atoms with E-state index in [0.29, 0.717) is 18.5 Å². The average molecular weight is 357 g/mol. The molecule has 5 nitrogen and oxygen atoms in total. The smallest absolute Gasteiger partial charge is 0.193 e. The van der Waals surface area contributed by atoms with E-state index in [4.69, 9.17) is 4.99 Å². The standard InChI is InChI=1S/C20H28FN5/c1-3-23-20(24-10-8-17-4-6-18(21)7-5-17)25-12-9-16(2)19(14-25)26-13-11-22-15-26/h4-7,11,13,15-16,19H,3,8-10,12,14H2,1-2H3,(H,23,24). The van der Waals surface area contributed by atoms with Gasteiger partial charge in [-0.1, -0.05) is 19.1 Å². The summed E-state index contributed by atoms with van der Waals surface area (Å²) in [5.74, 6) is 1.38. The molecule has 2 atom stereocenters. The quantitative estimate of drug-likeness (QED) is 0.661. The van der Waals surface area contributed by atoms with Crippen LogP contribution in [0, 0.1) is 11.7 Å². The predicted molar refractivity (Wildman–Crippen MR) is 103 cm³/mol. The van der Waals surface area contributed by atoms with Crippen molar-refractivity contribution in [2.75, 3.05) is 26.2 Å². The number of halogens is 1. The van der Waals surface area contributed by atoms with Gasteiger partial charge in [0.25, 0.3) is 0 Å². The molecule has 6 heteroatoms. The molecule has 0 bridgehead atoms. The van der Waals surface area contributed by atoms with E-state index < -0.39 is 0 Å². The molecule has 2 aromatic rings. The van der Waals surface area contributed by atoms with Crippen LogP contribution in [0.1, 0.15) is 31.9 Å². The number of nitrogens with zero attached hydrogens (tertiary/aromatic N) is 4. The molecule has 0 aliphatic carbocycles. The summed E-state index contributed by atoms with van der Waals surface area (Å²) in [6.45, 7) is 7.87. The molecular formula is C20H28FN5. The Morgan fingerprint density at radius 1 is 1.35 bits per heavy atom. The average Bonchev–Trinajstić information content (AvgIpc) is 3.17. The van der Waals surface area contributed by atoms with Crippen molar-refractivity contribution in [1.29, 1.82) is 0 Å². The molecule has 2 unspecified atom stereocenters. The maximum absolute atomic E-state index is 13.0. The highest BCUT2D eigenvalue weighted by Crippen LogP contribution is 2.27. The summed E-state index contributed by atoms with van der Waals surface area (Å²) in [7, 11) is 0. The van der Waals surface area contributed by atoms with Crippen LogP contribution in [0.2, 0.25) is 0 Å². The van der Waals surface area contributed by atoms with Gasteiger partial charge in [0, 0.05) is 38.6 Å². The molecule has 0 spiro atoms. The van der Waals surface area contributed by atoms with Crippen LogP contribution in [-0.2, 0) is 6.42 Å². The molecule has 1 saturated heterocycles. The number of aromatic nitrogens is 2. The molecule has 0 radical (unpaired) electrons. The lowest BCUT2D eigenvalue weighted by molar-refractivity contribution is 0.189. The van der Waals surface area contributed by atoms with Crippen molar-refractivity contribution in [2.45, 2.75) is 32.7 Å². The van der Waals surface area contributed by atoms with Crippen molar-refractivity contribution in [3.63, 3.8) is 0 Å². The van der Waals surface area contributed by atoms with Gasteiger partial charge in [-0.3, -0.25) is 4.99 Å². The van der Waals surface area contributed by atoms with Gasteiger partial charge in [0.05, 0.1) is 12.4 Å². The zero-order chi connectivity index (χ0) is 18.4. The molecule has 0 saturated carbocycles. The Morgan fingerprint density at radius 2 is 2.15 bits per heavy atom. The molecule has 1 aliphatic heterocycles. The van der Waals surface area contributed by atoms with Crippen molar-refractivity contribution in [3.05, 3.63) is 54.4 Å². The lowest BCUT2D eigenvalue weighted by atomic mass is 9.93. The van der Waals surface area contributed by atoms with Gasteiger partial charge < -0.3 is 14.8 Å². The predicted octanol–water partition coefficient (Wildman–Crippen LogP) is 3.11. The van der Waals surface area contributed by atoms with Gasteiger partial charge in [0.2, 0.25) is 0 Å². The molecule has 140 valence electrons. The monoisotopic (exact) mass is 357 g/mol. The lowest BCUT2D eigenvalue weighted by Gasteiger charge is -2.39. The summed E-state index contributed by atoms with van der Waals surface area (Å²) in [5, 5.41) is 3.42. The number of likely N-dealkylation sites (tertiary alicyclic amines) is 1. The van der Waals surface area contributed by atoms with E-state index in [1.807, 2.05) is 30.9 Å². The number of guanidine groups is 1. The normalized spacial score (nSPS) is 21.0. The minimum absolute atomic E-state index is 0.196. The first-order valence-corrected chi connectivity index (χ1v) is 9.42. The van der Waals surface area contributed by atoms with Crippen LogP contribution >= 0.6 is 0 Å². The van der Waals surface area contributed by atoms with Crippen molar-refractivity contribution in [1.82, 2.24) is 19.8 Å². The first-order valence-electron chi connectivity index (χ1n) is 9.42. The molecular weight excluding hydrogens is 329 g/mol. The van der Waals surface area contributed by atoms with Gasteiger partial charge in [-0.25, -0.2) is 9.37 Å². The molecule has 1 aromatic heterocycles. The van der Waals surface area contributed by atoms with Crippen molar-refractivity contribution in [2.24, 2.45) is 10.9 Å². The van der Waals surface area contributed by atoms with Gasteiger partial charge in [0.1, 0.15) is 5.82 Å². The Morgan fingerprint density at radius 3 is 2.85 bits per heavy atom. The van der Waals surface area contributed by atoms with Gasteiger partial charge >= 0.3 is 0 Å². The second-order valence-electron chi connectivity index (χ2n) is 6.90. The summed E-state index contributed by atoms with van der Waals surface area (Å²) in [5.41, 5.74) is 1.11. The maximum Gasteiger partial charge on any atom is 0.193 e. The van der Waals surface area contributed by atoms with Crippen molar-refractivity contribution < 1.29 is 4.39 Å². The zero-order valence-corrected chi connectivity index (χ0v) is 15.6. The number of nitrogens with one attached hydrogen (secondary N) is 1. The fourth-order valence-corrected chi connectivity index (χ4v) is 3.46. The SMILES string of the molecule is CCNC(=NCCc1ccc(F)cc1)N1CCC(C)C(n2ccnc2)C1. The van der Waals surface area contributed by atoms with E-state index in [1.165, 1.54) is 12.1 Å². The molecule has 3 rings (SSSR count). The Kier molecular flexibility index (Phi) is 6.26. The minimum atomic E-state index is -0.196. The molecule has 1 aliphatic rings. The van der Waals surface area contributed by atoms with Crippen molar-refractivity contribution >= 4 is 5.96 Å². The molecule has 1 fully saturated rings. The molecule has 1 aromatic carbocycles. The third-order valence-electron chi connectivity index (χ3n) is 5.04. The number of hydrogen-bond donors (Lipinski definition) is 1. The van der Waals surface area contributed by atoms with E-state index in [0.717, 1.165) is 44.0 Å². The lowest BCUT2D eigenvalue weighted by Crippen LogP contribution is -2.49. The fourth-order valence-electron chi connectivity index (χ4n) is 3.46. The fraction of sp³-hybridized carbons (Fsp3) is 0.500. The summed E-state index contributed by atoms with van der Waals surface area (Å²) in [4.78, 5) is 11.4. The highest BCUT2D eigenvalue weighted by Gasteiger charge is 2.28. The molecule has 2 heterocycles. The Labute approximate surface area is 155 Å². The van der Waals surface area contributed by atoms with E-state index in [2.05, 4.69) is 33.6 Å². The number of rotatable bonds is 5. The summed E-state index contributed by atoms with van der Waals surface area (Å²) < 4.78 is 15.2. The van der Waals surface area contributed by atoms with Gasteiger partial charge in [0.15, 0.2) is 5.96 Å². The van der Waals surface area contributed by atoms with Gasteiger partial charge in [-0.05, 0) is 43.4 Å². The highest BCUT2D eigenvalue weighted by atomic mass is 19.1. The number of hydrogen-bond acceptors (Lipinski definition) is 2. The van der Waals surface area contributed by atoms with Crippen LogP contribution in [0.25, 0.3) is 0 Å². The number of imidazole rings is 1. The first kappa shape index (κ1) is 18.4. The van der Waals surface area contributed by atoms with Crippen LogP contribution in [0.4, 0.5) is 4.39 Å². The van der Waals surface area contributed by atoms with E-state index in [9.17, 15) is 4.39 Å². The van der Waals surface area contributed by atoms with E-state index in [-0.39, 0.29) is 5.82 Å².